The highest BCUT2D eigenvalue weighted by atomic mass is 19.4. The zero-order valence-corrected chi connectivity index (χ0v) is 22.2. The summed E-state index contributed by atoms with van der Waals surface area (Å²) in [7, 11) is 2.03. The van der Waals surface area contributed by atoms with Crippen LogP contribution in [-0.4, -0.2) is 96.2 Å². The molecule has 0 aromatic carbocycles. The van der Waals surface area contributed by atoms with Gasteiger partial charge in [-0.15, -0.1) is 5.10 Å². The average Bonchev–Trinajstić information content (AvgIpc) is 3.66. The minimum absolute atomic E-state index is 0.00634. The van der Waals surface area contributed by atoms with Crippen molar-refractivity contribution < 1.29 is 18.0 Å². The van der Waals surface area contributed by atoms with Crippen molar-refractivity contribution in [3.05, 3.63) is 48.7 Å². The van der Waals surface area contributed by atoms with E-state index in [-0.39, 0.29) is 32.0 Å². The molecule has 0 spiro atoms. The molecule has 13 nitrogen and oxygen atoms in total. The number of rotatable bonds is 7. The third-order valence-electron chi connectivity index (χ3n) is 7.50. The number of hydrogen-bond donors (Lipinski definition) is 1. The molecule has 0 unspecified atom stereocenters. The first kappa shape index (κ1) is 26.6. The molecule has 1 amide bonds. The number of carbonyl (C=O) groups excluding carboxylic acids is 1. The molecule has 0 saturated carbocycles. The molecule has 4 aromatic heterocycles. The number of anilines is 3. The number of hydrogen-bond acceptors (Lipinski definition) is 9. The van der Waals surface area contributed by atoms with Gasteiger partial charge in [0, 0.05) is 57.9 Å². The maximum absolute atomic E-state index is 13.1. The third kappa shape index (κ3) is 5.15. The molecule has 6 heterocycles. The van der Waals surface area contributed by atoms with E-state index in [4.69, 9.17) is 0 Å². The van der Waals surface area contributed by atoms with Gasteiger partial charge in [0.05, 0.1) is 41.8 Å². The van der Waals surface area contributed by atoms with Crippen LogP contribution in [0.1, 0.15) is 12.0 Å². The Morgan fingerprint density at radius 3 is 2.63 bits per heavy atom. The second-order valence-electron chi connectivity index (χ2n) is 10.4. The number of aromatic nitrogens is 7. The van der Waals surface area contributed by atoms with Crippen molar-refractivity contribution in [2.75, 3.05) is 56.5 Å². The van der Waals surface area contributed by atoms with E-state index in [1.165, 1.54) is 4.68 Å². The van der Waals surface area contributed by atoms with Gasteiger partial charge in [0.2, 0.25) is 11.9 Å². The zero-order chi connectivity index (χ0) is 28.8. The number of piperazine rings is 1. The molecular weight excluding hydrogens is 541 g/mol. The van der Waals surface area contributed by atoms with Crippen LogP contribution in [0.5, 0.6) is 0 Å². The first-order valence-corrected chi connectivity index (χ1v) is 13.0. The number of amides is 1. The lowest BCUT2D eigenvalue weighted by molar-refractivity contribution is -0.137. The zero-order valence-electron chi connectivity index (χ0n) is 22.2. The summed E-state index contributed by atoms with van der Waals surface area (Å²) in [6, 6.07) is 5.72. The van der Waals surface area contributed by atoms with E-state index in [1.807, 2.05) is 22.9 Å². The molecule has 6 rings (SSSR count). The molecule has 4 aromatic rings. The van der Waals surface area contributed by atoms with Gasteiger partial charge in [-0.3, -0.25) is 14.2 Å². The number of nitrogens with zero attached hydrogens (tertiary/aromatic N) is 11. The van der Waals surface area contributed by atoms with Crippen LogP contribution in [0.15, 0.2) is 43.1 Å². The molecule has 2 saturated heterocycles. The minimum atomic E-state index is -4.51. The molecule has 0 radical (unpaired) electrons. The fourth-order valence-electron chi connectivity index (χ4n) is 5.18. The Labute approximate surface area is 232 Å². The normalized spacial score (nSPS) is 17.4. The summed E-state index contributed by atoms with van der Waals surface area (Å²) >= 11 is 0. The number of pyridine rings is 1. The highest BCUT2D eigenvalue weighted by Gasteiger charge is 2.47. The Morgan fingerprint density at radius 1 is 1.15 bits per heavy atom. The fraction of sp³-hybridized carbons (Fsp3) is 0.440. The van der Waals surface area contributed by atoms with Gasteiger partial charge in [0.1, 0.15) is 12.1 Å². The number of nitrogens with one attached hydrogen (secondary N) is 1. The van der Waals surface area contributed by atoms with E-state index < -0.39 is 17.3 Å². The highest BCUT2D eigenvalue weighted by Crippen LogP contribution is 2.39. The lowest BCUT2D eigenvalue weighted by Gasteiger charge is -2.50. The SMILES string of the molecule is CN1CCN(C(=O)Cn2cc(Nc3nc4c(N5CC(CC#N)(n6cc(C(F)(F)F)cn6)C5)cccn4n3)cn2)CC1. The molecule has 214 valence electrons. The van der Waals surface area contributed by atoms with Crippen molar-refractivity contribution >= 4 is 28.9 Å². The van der Waals surface area contributed by atoms with Gasteiger partial charge in [-0.25, -0.2) is 4.52 Å². The van der Waals surface area contributed by atoms with Gasteiger partial charge in [-0.2, -0.15) is 33.6 Å². The maximum atomic E-state index is 13.1. The van der Waals surface area contributed by atoms with Crippen LogP contribution < -0.4 is 10.2 Å². The summed E-state index contributed by atoms with van der Waals surface area (Å²) in [5.74, 6) is 0.322. The quantitative estimate of drug-likeness (QED) is 0.355. The van der Waals surface area contributed by atoms with E-state index in [1.54, 1.807) is 33.9 Å². The maximum Gasteiger partial charge on any atom is 0.419 e. The predicted molar refractivity (Wildman–Crippen MR) is 140 cm³/mol. The number of alkyl halides is 3. The Bertz CT molecular complexity index is 1600. The Balaban J connectivity index is 1.15. The molecule has 0 bridgehead atoms. The molecule has 0 aliphatic carbocycles. The van der Waals surface area contributed by atoms with Gasteiger partial charge in [-0.1, -0.05) is 0 Å². The van der Waals surface area contributed by atoms with E-state index in [9.17, 15) is 23.2 Å². The number of nitriles is 1. The van der Waals surface area contributed by atoms with Crippen LogP contribution in [0.4, 0.5) is 30.5 Å². The number of fused-ring (bicyclic) bond motifs is 1. The topological polar surface area (TPSA) is 128 Å². The lowest BCUT2D eigenvalue weighted by Crippen LogP contribution is -2.63. The molecule has 2 fully saturated rings. The summed E-state index contributed by atoms with van der Waals surface area (Å²) < 4.78 is 43.8. The molecule has 1 N–H and O–H groups in total. The Kier molecular flexibility index (Phi) is 6.53. The Hall–Kier alpha value is -4.65. The van der Waals surface area contributed by atoms with Gasteiger partial charge < -0.3 is 20.0 Å². The van der Waals surface area contributed by atoms with E-state index in [0.29, 0.717) is 30.4 Å². The van der Waals surface area contributed by atoms with E-state index in [2.05, 4.69) is 36.6 Å². The minimum Gasteiger partial charge on any atom is -0.363 e. The summed E-state index contributed by atoms with van der Waals surface area (Å²) in [5.41, 5.74) is 0.135. The van der Waals surface area contributed by atoms with Crippen LogP contribution in [0, 0.1) is 11.3 Å². The number of likely N-dealkylation sites (N-methyl/N-ethyl adjacent to an activating group) is 1. The molecule has 41 heavy (non-hydrogen) atoms. The first-order chi connectivity index (χ1) is 19.6. The first-order valence-electron chi connectivity index (χ1n) is 13.0. The summed E-state index contributed by atoms with van der Waals surface area (Å²) in [5, 5.41) is 25.2. The van der Waals surface area contributed by atoms with Crippen molar-refractivity contribution in [2.24, 2.45) is 0 Å². The van der Waals surface area contributed by atoms with Crippen molar-refractivity contribution in [2.45, 2.75) is 24.7 Å². The standard InChI is InChI=1S/C25H27F3N12O/c1-35-7-9-36(10-8-35)21(41)15-38-14-19(12-30-38)32-23-33-22-20(3-2-6-39(22)34-23)37-16-24(17-37,4-5-29)40-13-18(11-31-40)25(26,27)28/h2-3,6,11-14H,4,7-10,15-17H2,1H3,(H,32,34). The van der Waals surface area contributed by atoms with Crippen LogP contribution in [0.25, 0.3) is 5.65 Å². The van der Waals surface area contributed by atoms with Crippen molar-refractivity contribution in [1.82, 2.24) is 44.0 Å². The fourth-order valence-corrected chi connectivity index (χ4v) is 5.18. The summed E-state index contributed by atoms with van der Waals surface area (Å²) in [4.78, 5) is 23.2. The van der Waals surface area contributed by atoms with E-state index >= 15 is 0 Å². The summed E-state index contributed by atoms with van der Waals surface area (Å²) in [6.45, 7) is 3.78. The van der Waals surface area contributed by atoms with Crippen LogP contribution >= 0.6 is 0 Å². The average molecular weight is 569 g/mol. The predicted octanol–water partition coefficient (Wildman–Crippen LogP) is 1.79. The molecule has 2 aliphatic rings. The smallest absolute Gasteiger partial charge is 0.363 e. The van der Waals surface area contributed by atoms with Gasteiger partial charge in [-0.05, 0) is 19.2 Å². The van der Waals surface area contributed by atoms with Gasteiger partial charge >= 0.3 is 6.18 Å². The molecular formula is C25H27F3N12O. The van der Waals surface area contributed by atoms with Crippen molar-refractivity contribution in [3.63, 3.8) is 0 Å². The van der Waals surface area contributed by atoms with Gasteiger partial charge in [0.15, 0.2) is 5.65 Å². The van der Waals surface area contributed by atoms with Crippen LogP contribution in [0.3, 0.4) is 0 Å². The van der Waals surface area contributed by atoms with Crippen LogP contribution in [-0.2, 0) is 23.1 Å². The monoisotopic (exact) mass is 568 g/mol. The highest BCUT2D eigenvalue weighted by molar-refractivity contribution is 5.76. The Morgan fingerprint density at radius 2 is 1.93 bits per heavy atom. The molecule has 0 atom stereocenters. The number of carbonyl (C=O) groups is 1. The van der Waals surface area contributed by atoms with E-state index in [0.717, 1.165) is 31.2 Å². The lowest BCUT2D eigenvalue weighted by atomic mass is 9.86. The van der Waals surface area contributed by atoms with Gasteiger partial charge in [0.25, 0.3) is 0 Å². The largest absolute Gasteiger partial charge is 0.419 e. The second-order valence-corrected chi connectivity index (χ2v) is 10.4. The third-order valence-corrected chi connectivity index (χ3v) is 7.50. The number of halogens is 3. The molecule has 2 aliphatic heterocycles. The van der Waals surface area contributed by atoms with Crippen molar-refractivity contribution in [3.8, 4) is 6.07 Å². The van der Waals surface area contributed by atoms with Crippen molar-refractivity contribution in [1.29, 1.82) is 5.26 Å². The molecule has 16 heteroatoms. The van der Waals surface area contributed by atoms with Crippen LogP contribution in [0.2, 0.25) is 0 Å². The second kappa shape index (κ2) is 10.1. The summed E-state index contributed by atoms with van der Waals surface area (Å²) in [6.07, 6.45) is 2.27.